The number of hydrogen-bond donors (Lipinski definition) is 1. The molecule has 3 aromatic rings. The van der Waals surface area contributed by atoms with Gasteiger partial charge in [0.15, 0.2) is 4.96 Å². The molecule has 0 radical (unpaired) electrons. The van der Waals surface area contributed by atoms with Gasteiger partial charge in [-0.1, -0.05) is 0 Å². The minimum Gasteiger partial charge on any atom is -0.439 e. The SMILES string of the molecule is Cc1coc(Sc2nc3sccn3c2CN)n1. The van der Waals surface area contributed by atoms with Gasteiger partial charge in [0.25, 0.3) is 5.22 Å². The fourth-order valence-electron chi connectivity index (χ4n) is 1.54. The average Bonchev–Trinajstić information content (AvgIpc) is 2.95. The minimum atomic E-state index is 0.444. The van der Waals surface area contributed by atoms with Gasteiger partial charge in [0, 0.05) is 18.1 Å². The lowest BCUT2D eigenvalue weighted by Gasteiger charge is -1.97. The normalized spacial score (nSPS) is 11.4. The molecule has 3 rings (SSSR count). The Labute approximate surface area is 106 Å². The standard InChI is InChI=1S/C10H10N4OS2/c1-6-5-15-10(12-6)17-8-7(4-11)14-2-3-16-9(14)13-8/h2-3,5H,4,11H2,1H3. The first-order chi connectivity index (χ1) is 8.28. The van der Waals surface area contributed by atoms with Crippen LogP contribution >= 0.6 is 23.1 Å². The Balaban J connectivity index is 2.01. The van der Waals surface area contributed by atoms with Crippen LogP contribution in [0, 0.1) is 6.92 Å². The van der Waals surface area contributed by atoms with Crippen LogP contribution in [-0.2, 0) is 6.54 Å². The second-order valence-electron chi connectivity index (χ2n) is 3.48. The predicted molar refractivity (Wildman–Crippen MR) is 66.3 cm³/mol. The van der Waals surface area contributed by atoms with Gasteiger partial charge in [0.1, 0.15) is 11.3 Å². The molecule has 3 aromatic heterocycles. The zero-order valence-electron chi connectivity index (χ0n) is 9.08. The monoisotopic (exact) mass is 266 g/mol. The van der Waals surface area contributed by atoms with E-state index >= 15 is 0 Å². The van der Waals surface area contributed by atoms with E-state index in [1.165, 1.54) is 11.8 Å². The third-order valence-corrected chi connectivity index (χ3v) is 3.94. The van der Waals surface area contributed by atoms with Crippen molar-refractivity contribution in [3.63, 3.8) is 0 Å². The third-order valence-electron chi connectivity index (χ3n) is 2.30. The molecule has 3 heterocycles. The first-order valence-electron chi connectivity index (χ1n) is 5.02. The average molecular weight is 266 g/mol. The van der Waals surface area contributed by atoms with E-state index in [9.17, 15) is 0 Å². The van der Waals surface area contributed by atoms with Gasteiger partial charge in [-0.15, -0.1) is 11.3 Å². The zero-order valence-corrected chi connectivity index (χ0v) is 10.7. The number of rotatable bonds is 3. The number of hydrogen-bond acceptors (Lipinski definition) is 6. The molecule has 5 nitrogen and oxygen atoms in total. The van der Waals surface area contributed by atoms with Gasteiger partial charge in [-0.05, 0) is 18.7 Å². The topological polar surface area (TPSA) is 69.3 Å². The molecule has 0 aliphatic heterocycles. The van der Waals surface area contributed by atoms with E-state index in [4.69, 9.17) is 10.2 Å². The summed E-state index contributed by atoms with van der Waals surface area (Å²) >= 11 is 2.99. The van der Waals surface area contributed by atoms with Crippen molar-refractivity contribution in [2.24, 2.45) is 5.73 Å². The van der Waals surface area contributed by atoms with Crippen LogP contribution in [0.4, 0.5) is 0 Å². The molecule has 0 unspecified atom stereocenters. The molecular formula is C10H10N4OS2. The molecule has 17 heavy (non-hydrogen) atoms. The highest BCUT2D eigenvalue weighted by molar-refractivity contribution is 7.99. The summed E-state index contributed by atoms with van der Waals surface area (Å²) in [5.41, 5.74) is 7.61. The maximum absolute atomic E-state index is 5.76. The number of aromatic nitrogens is 3. The smallest absolute Gasteiger partial charge is 0.262 e. The Morgan fingerprint density at radius 1 is 1.53 bits per heavy atom. The van der Waals surface area contributed by atoms with Gasteiger partial charge in [0.05, 0.1) is 11.4 Å². The van der Waals surface area contributed by atoms with Crippen LogP contribution in [0.1, 0.15) is 11.4 Å². The van der Waals surface area contributed by atoms with Crippen molar-refractivity contribution in [2.75, 3.05) is 0 Å². The largest absolute Gasteiger partial charge is 0.439 e. The molecular weight excluding hydrogens is 256 g/mol. The molecule has 0 spiro atoms. The van der Waals surface area contributed by atoms with E-state index in [0.29, 0.717) is 11.8 Å². The van der Waals surface area contributed by atoms with Gasteiger partial charge >= 0.3 is 0 Å². The van der Waals surface area contributed by atoms with Crippen LogP contribution in [0.15, 0.2) is 32.5 Å². The molecule has 0 saturated heterocycles. The fraction of sp³-hybridized carbons (Fsp3) is 0.200. The minimum absolute atomic E-state index is 0.444. The van der Waals surface area contributed by atoms with Crippen LogP contribution in [-0.4, -0.2) is 14.4 Å². The molecule has 0 fully saturated rings. The highest BCUT2D eigenvalue weighted by Crippen LogP contribution is 2.30. The molecule has 7 heteroatoms. The number of aryl methyl sites for hydroxylation is 1. The number of imidazole rings is 1. The zero-order chi connectivity index (χ0) is 11.8. The van der Waals surface area contributed by atoms with Crippen LogP contribution in [0.5, 0.6) is 0 Å². The summed E-state index contributed by atoms with van der Waals surface area (Å²) in [4.78, 5) is 9.70. The van der Waals surface area contributed by atoms with Crippen molar-refractivity contribution in [2.45, 2.75) is 23.7 Å². The maximum atomic E-state index is 5.76. The first-order valence-corrected chi connectivity index (χ1v) is 6.72. The fourth-order valence-corrected chi connectivity index (χ4v) is 3.22. The van der Waals surface area contributed by atoms with E-state index in [1.54, 1.807) is 17.6 Å². The number of nitrogens with zero attached hydrogens (tertiary/aromatic N) is 3. The van der Waals surface area contributed by atoms with E-state index in [-0.39, 0.29) is 0 Å². The number of oxazole rings is 1. The van der Waals surface area contributed by atoms with Crippen LogP contribution in [0.2, 0.25) is 0 Å². The molecule has 0 atom stereocenters. The molecule has 0 amide bonds. The predicted octanol–water partition coefficient (Wildman–Crippen LogP) is 2.30. The lowest BCUT2D eigenvalue weighted by atomic mass is 10.5. The van der Waals surface area contributed by atoms with Crippen molar-refractivity contribution in [3.05, 3.63) is 29.2 Å². The summed E-state index contributed by atoms with van der Waals surface area (Å²) in [7, 11) is 0. The van der Waals surface area contributed by atoms with Crippen molar-refractivity contribution >= 4 is 28.1 Å². The molecule has 2 N–H and O–H groups in total. The lowest BCUT2D eigenvalue weighted by Crippen LogP contribution is -2.00. The van der Waals surface area contributed by atoms with E-state index in [2.05, 4.69) is 9.97 Å². The third kappa shape index (κ3) is 1.86. The van der Waals surface area contributed by atoms with Gasteiger partial charge in [-0.2, -0.15) is 0 Å². The van der Waals surface area contributed by atoms with Crippen molar-refractivity contribution in [1.82, 2.24) is 14.4 Å². The van der Waals surface area contributed by atoms with Crippen molar-refractivity contribution in [1.29, 1.82) is 0 Å². The summed E-state index contributed by atoms with van der Waals surface area (Å²) in [6.45, 7) is 2.34. The second-order valence-corrected chi connectivity index (χ2v) is 5.29. The number of nitrogens with two attached hydrogens (primary N) is 1. The van der Waals surface area contributed by atoms with Crippen LogP contribution in [0.25, 0.3) is 4.96 Å². The molecule has 0 bridgehead atoms. The lowest BCUT2D eigenvalue weighted by molar-refractivity contribution is 0.453. The summed E-state index contributed by atoms with van der Waals surface area (Å²) < 4.78 is 7.31. The van der Waals surface area contributed by atoms with Crippen LogP contribution in [0.3, 0.4) is 0 Å². The summed E-state index contributed by atoms with van der Waals surface area (Å²) in [6.07, 6.45) is 3.60. The van der Waals surface area contributed by atoms with Gasteiger partial charge in [-0.3, -0.25) is 4.40 Å². The Hall–Kier alpha value is -1.31. The quantitative estimate of drug-likeness (QED) is 0.787. The Morgan fingerprint density at radius 2 is 2.41 bits per heavy atom. The van der Waals surface area contributed by atoms with Crippen molar-refractivity contribution < 1.29 is 4.42 Å². The molecule has 88 valence electrons. The van der Waals surface area contributed by atoms with Gasteiger partial charge in [0.2, 0.25) is 0 Å². The Kier molecular flexibility index (Phi) is 2.65. The Morgan fingerprint density at radius 3 is 3.12 bits per heavy atom. The van der Waals surface area contributed by atoms with E-state index in [0.717, 1.165) is 21.4 Å². The molecule has 0 aliphatic carbocycles. The number of thiazole rings is 1. The molecule has 0 aromatic carbocycles. The maximum Gasteiger partial charge on any atom is 0.262 e. The van der Waals surface area contributed by atoms with E-state index < -0.39 is 0 Å². The number of fused-ring (bicyclic) bond motifs is 1. The highest BCUT2D eigenvalue weighted by Gasteiger charge is 2.15. The van der Waals surface area contributed by atoms with Gasteiger partial charge in [-0.25, -0.2) is 9.97 Å². The van der Waals surface area contributed by atoms with E-state index in [1.807, 2.05) is 22.9 Å². The summed E-state index contributed by atoms with van der Waals surface area (Å²) in [5.74, 6) is 0. The summed E-state index contributed by atoms with van der Waals surface area (Å²) in [5, 5.41) is 3.45. The molecule has 0 saturated carbocycles. The Bertz CT molecular complexity index is 654. The van der Waals surface area contributed by atoms with Crippen LogP contribution < -0.4 is 5.73 Å². The first kappa shape index (κ1) is 10.8. The van der Waals surface area contributed by atoms with Gasteiger partial charge < -0.3 is 10.2 Å². The van der Waals surface area contributed by atoms with Crippen molar-refractivity contribution in [3.8, 4) is 0 Å². The summed E-state index contributed by atoms with van der Waals surface area (Å²) in [6, 6.07) is 0. The second kappa shape index (κ2) is 4.17. The molecule has 0 aliphatic rings. The highest BCUT2D eigenvalue weighted by atomic mass is 32.2.